The van der Waals surface area contributed by atoms with Crippen LogP contribution in [-0.4, -0.2) is 35.7 Å². The van der Waals surface area contributed by atoms with Gasteiger partial charge in [-0.15, -0.1) is 0 Å². The highest BCUT2D eigenvalue weighted by Gasteiger charge is 2.28. The average Bonchev–Trinajstić information content (AvgIpc) is 2.59. The van der Waals surface area contributed by atoms with E-state index in [4.69, 9.17) is 4.74 Å². The van der Waals surface area contributed by atoms with Gasteiger partial charge in [-0.3, -0.25) is 0 Å². The van der Waals surface area contributed by atoms with Gasteiger partial charge in [-0.05, 0) is 48.6 Å². The molecule has 0 unspecified atom stereocenters. The van der Waals surface area contributed by atoms with Crippen molar-refractivity contribution in [3.05, 3.63) is 60.2 Å². The summed E-state index contributed by atoms with van der Waals surface area (Å²) >= 11 is 0. The molecule has 0 radical (unpaired) electrons. The number of aliphatic hydroxyl groups excluding tert-OH is 1. The quantitative estimate of drug-likeness (QED) is 0.847. The van der Waals surface area contributed by atoms with Crippen LogP contribution in [0.1, 0.15) is 18.4 Å². The zero-order valence-corrected chi connectivity index (χ0v) is 14.4. The van der Waals surface area contributed by atoms with Gasteiger partial charge in [0.2, 0.25) is 0 Å². The second-order valence-electron chi connectivity index (χ2n) is 6.59. The van der Waals surface area contributed by atoms with Gasteiger partial charge < -0.3 is 20.1 Å². The molecular weight excluding hydrogens is 316 g/mol. The summed E-state index contributed by atoms with van der Waals surface area (Å²) in [5.74, 6) is 1.94. The molecule has 2 N–H and O–H groups in total. The van der Waals surface area contributed by atoms with Crippen LogP contribution in [0.15, 0.2) is 54.6 Å². The van der Waals surface area contributed by atoms with Crippen molar-refractivity contribution < 1.29 is 14.6 Å². The first-order valence-corrected chi connectivity index (χ1v) is 8.59. The molecule has 0 saturated heterocycles. The number of hydrogen-bond donors (Lipinski definition) is 2. The summed E-state index contributed by atoms with van der Waals surface area (Å²) in [6, 6.07) is 17.2. The van der Waals surface area contributed by atoms with E-state index >= 15 is 0 Å². The topological polar surface area (TPSA) is 61.8 Å². The van der Waals surface area contributed by atoms with E-state index in [9.17, 15) is 9.90 Å². The summed E-state index contributed by atoms with van der Waals surface area (Å²) in [5.41, 5.74) is 0.981. The SMILES string of the molecule is CN(CC1CC(O)C1)C(=O)NCc1cccc(Oc2ccccc2)c1. The van der Waals surface area contributed by atoms with Gasteiger partial charge in [-0.1, -0.05) is 30.3 Å². The van der Waals surface area contributed by atoms with Crippen molar-refractivity contribution in [1.29, 1.82) is 0 Å². The Kier molecular flexibility index (Phi) is 5.56. The summed E-state index contributed by atoms with van der Waals surface area (Å²) < 4.78 is 5.81. The van der Waals surface area contributed by atoms with Crippen LogP contribution in [0, 0.1) is 5.92 Å². The number of aliphatic hydroxyl groups is 1. The predicted octanol–water partition coefficient (Wildman–Crippen LogP) is 3.39. The van der Waals surface area contributed by atoms with Crippen LogP contribution < -0.4 is 10.1 Å². The first-order valence-electron chi connectivity index (χ1n) is 8.59. The van der Waals surface area contributed by atoms with Crippen molar-refractivity contribution in [3.8, 4) is 11.5 Å². The highest BCUT2D eigenvalue weighted by atomic mass is 16.5. The molecule has 25 heavy (non-hydrogen) atoms. The number of rotatable bonds is 6. The minimum Gasteiger partial charge on any atom is -0.457 e. The summed E-state index contributed by atoms with van der Waals surface area (Å²) in [4.78, 5) is 13.9. The molecule has 1 saturated carbocycles. The molecule has 1 aliphatic rings. The fraction of sp³-hybridized carbons (Fsp3) is 0.350. The number of amides is 2. The maximum Gasteiger partial charge on any atom is 0.317 e. The molecule has 5 heteroatoms. The lowest BCUT2D eigenvalue weighted by Crippen LogP contribution is -2.43. The summed E-state index contributed by atoms with van der Waals surface area (Å²) in [7, 11) is 1.79. The van der Waals surface area contributed by atoms with Crippen molar-refractivity contribution >= 4 is 6.03 Å². The first-order chi connectivity index (χ1) is 12.1. The van der Waals surface area contributed by atoms with E-state index < -0.39 is 0 Å². The number of hydrogen-bond acceptors (Lipinski definition) is 3. The zero-order valence-electron chi connectivity index (χ0n) is 14.4. The monoisotopic (exact) mass is 340 g/mol. The van der Waals surface area contributed by atoms with Crippen LogP contribution in [0.3, 0.4) is 0 Å². The molecule has 2 aromatic carbocycles. The third-order valence-corrected chi connectivity index (χ3v) is 4.41. The third-order valence-electron chi connectivity index (χ3n) is 4.41. The van der Waals surface area contributed by atoms with E-state index in [1.54, 1.807) is 11.9 Å². The van der Waals surface area contributed by atoms with Crippen LogP contribution in [0.25, 0.3) is 0 Å². The number of benzene rings is 2. The van der Waals surface area contributed by atoms with Gasteiger partial charge in [-0.2, -0.15) is 0 Å². The van der Waals surface area contributed by atoms with Crippen LogP contribution in [-0.2, 0) is 6.54 Å². The Morgan fingerprint density at radius 1 is 1.16 bits per heavy atom. The summed E-state index contributed by atoms with van der Waals surface area (Å²) in [6.45, 7) is 1.13. The molecule has 0 heterocycles. The number of carbonyl (C=O) groups is 1. The minimum atomic E-state index is -0.186. The maximum absolute atomic E-state index is 12.2. The fourth-order valence-corrected chi connectivity index (χ4v) is 2.98. The lowest BCUT2D eigenvalue weighted by atomic mass is 9.82. The smallest absolute Gasteiger partial charge is 0.317 e. The molecule has 2 amide bonds. The van der Waals surface area contributed by atoms with Gasteiger partial charge in [0.1, 0.15) is 11.5 Å². The van der Waals surface area contributed by atoms with Crippen LogP contribution in [0.5, 0.6) is 11.5 Å². The zero-order chi connectivity index (χ0) is 17.6. The second-order valence-corrected chi connectivity index (χ2v) is 6.59. The number of nitrogens with one attached hydrogen (secondary N) is 1. The van der Waals surface area contributed by atoms with Crippen LogP contribution in [0.2, 0.25) is 0 Å². The molecular formula is C20H24N2O3. The molecule has 5 nitrogen and oxygen atoms in total. The van der Waals surface area contributed by atoms with Crippen molar-refractivity contribution in [1.82, 2.24) is 10.2 Å². The number of ether oxygens (including phenoxy) is 1. The van der Waals surface area contributed by atoms with E-state index in [1.165, 1.54) is 0 Å². The number of urea groups is 1. The molecule has 0 spiro atoms. The molecule has 1 aliphatic carbocycles. The molecule has 2 aromatic rings. The molecule has 132 valence electrons. The van der Waals surface area contributed by atoms with Gasteiger partial charge in [-0.25, -0.2) is 4.79 Å². The molecule has 0 atom stereocenters. The van der Waals surface area contributed by atoms with E-state index in [0.29, 0.717) is 19.0 Å². The average molecular weight is 340 g/mol. The Morgan fingerprint density at radius 3 is 2.60 bits per heavy atom. The Hall–Kier alpha value is -2.53. The third kappa shape index (κ3) is 4.97. The molecule has 0 bridgehead atoms. The largest absolute Gasteiger partial charge is 0.457 e. The Bertz CT molecular complexity index is 699. The van der Waals surface area contributed by atoms with E-state index in [0.717, 1.165) is 29.9 Å². The highest BCUT2D eigenvalue weighted by molar-refractivity contribution is 5.73. The van der Waals surface area contributed by atoms with Gasteiger partial charge in [0, 0.05) is 20.1 Å². The normalized spacial score (nSPS) is 19.0. The molecule has 3 rings (SSSR count). The number of carbonyl (C=O) groups excluding carboxylic acids is 1. The standard InChI is InChI=1S/C20H24N2O3/c1-22(14-16-10-17(23)11-16)20(24)21-13-15-6-5-9-19(12-15)25-18-7-3-2-4-8-18/h2-9,12,16-17,23H,10-11,13-14H2,1H3,(H,21,24). The fourth-order valence-electron chi connectivity index (χ4n) is 2.98. The van der Waals surface area contributed by atoms with Gasteiger partial charge in [0.25, 0.3) is 0 Å². The van der Waals surface area contributed by atoms with Crippen LogP contribution in [0.4, 0.5) is 4.79 Å². The number of para-hydroxylation sites is 1. The number of nitrogens with zero attached hydrogens (tertiary/aromatic N) is 1. The van der Waals surface area contributed by atoms with E-state index in [2.05, 4.69) is 5.32 Å². The van der Waals surface area contributed by atoms with Gasteiger partial charge >= 0.3 is 6.03 Å². The summed E-state index contributed by atoms with van der Waals surface area (Å²) in [6.07, 6.45) is 1.39. The maximum atomic E-state index is 12.2. The Balaban J connectivity index is 1.49. The van der Waals surface area contributed by atoms with Gasteiger partial charge in [0.05, 0.1) is 6.10 Å². The van der Waals surface area contributed by atoms with Crippen molar-refractivity contribution in [3.63, 3.8) is 0 Å². The van der Waals surface area contributed by atoms with E-state index in [-0.39, 0.29) is 12.1 Å². The van der Waals surface area contributed by atoms with Crippen molar-refractivity contribution in [2.24, 2.45) is 5.92 Å². The molecule has 0 aliphatic heterocycles. The van der Waals surface area contributed by atoms with Crippen molar-refractivity contribution in [2.45, 2.75) is 25.5 Å². The van der Waals surface area contributed by atoms with Crippen molar-refractivity contribution in [2.75, 3.05) is 13.6 Å². The molecule has 1 fully saturated rings. The van der Waals surface area contributed by atoms with Gasteiger partial charge in [0.15, 0.2) is 0 Å². The Morgan fingerprint density at radius 2 is 1.88 bits per heavy atom. The summed E-state index contributed by atoms with van der Waals surface area (Å²) in [5, 5.41) is 12.2. The Labute approximate surface area is 148 Å². The highest BCUT2D eigenvalue weighted by Crippen LogP contribution is 2.27. The van der Waals surface area contributed by atoms with Crippen LogP contribution >= 0.6 is 0 Å². The molecule has 0 aromatic heterocycles. The lowest BCUT2D eigenvalue weighted by molar-refractivity contribution is 0.0325. The first kappa shape index (κ1) is 17.3. The minimum absolute atomic E-state index is 0.101. The van der Waals surface area contributed by atoms with E-state index in [1.807, 2.05) is 54.6 Å². The lowest BCUT2D eigenvalue weighted by Gasteiger charge is -2.34. The second kappa shape index (κ2) is 8.03. The predicted molar refractivity (Wildman–Crippen MR) is 96.6 cm³/mol.